The van der Waals surface area contributed by atoms with E-state index >= 15 is 0 Å². The zero-order chi connectivity index (χ0) is 19.6. The topological polar surface area (TPSA) is 0 Å². The first-order chi connectivity index (χ1) is 13.8. The van der Waals surface area contributed by atoms with Crippen molar-refractivity contribution >= 4 is 0 Å². The molecule has 158 valence electrons. The maximum Gasteiger partial charge on any atom is -0.0162 e. The third kappa shape index (κ3) is 6.64. The highest BCUT2D eigenvalue weighted by Crippen LogP contribution is 2.40. The van der Waals surface area contributed by atoms with Crippen LogP contribution in [0.3, 0.4) is 0 Å². The van der Waals surface area contributed by atoms with Gasteiger partial charge in [-0.2, -0.15) is 0 Å². The Morgan fingerprint density at radius 2 is 0.964 bits per heavy atom. The molecule has 2 saturated carbocycles. The molecule has 28 heavy (non-hydrogen) atoms. The second-order valence-electron chi connectivity index (χ2n) is 10.1. The highest BCUT2D eigenvalue weighted by molar-refractivity contribution is 5.28. The van der Waals surface area contributed by atoms with Crippen molar-refractivity contribution in [1.29, 1.82) is 0 Å². The third-order valence-electron chi connectivity index (χ3n) is 8.00. The molecule has 2 aliphatic rings. The predicted molar refractivity (Wildman–Crippen MR) is 124 cm³/mol. The summed E-state index contributed by atoms with van der Waals surface area (Å²) in [7, 11) is 0. The van der Waals surface area contributed by atoms with E-state index in [-0.39, 0.29) is 0 Å². The van der Waals surface area contributed by atoms with Gasteiger partial charge in [0, 0.05) is 0 Å². The molecule has 0 N–H and O–H groups in total. The molecule has 0 aromatic heterocycles. The molecule has 0 nitrogen and oxygen atoms in total. The van der Waals surface area contributed by atoms with Crippen LogP contribution in [0.1, 0.15) is 140 Å². The van der Waals surface area contributed by atoms with Crippen molar-refractivity contribution < 1.29 is 0 Å². The van der Waals surface area contributed by atoms with Gasteiger partial charge in [-0.1, -0.05) is 89.5 Å². The molecule has 0 unspecified atom stereocenters. The first-order valence-electron chi connectivity index (χ1n) is 12.9. The molecular formula is C28H46. The maximum atomic E-state index is 2.49. The van der Waals surface area contributed by atoms with Gasteiger partial charge in [-0.15, -0.1) is 0 Å². The average Bonchev–Trinajstić information content (AvgIpc) is 2.76. The highest BCUT2D eigenvalue weighted by Gasteiger charge is 2.24. The maximum absolute atomic E-state index is 2.49. The number of unbranched alkanes of at least 4 members (excludes halogenated alkanes) is 4. The lowest BCUT2D eigenvalue weighted by Gasteiger charge is -2.30. The molecule has 0 atom stereocenters. The smallest absolute Gasteiger partial charge is 0.0162 e. The Bertz CT molecular complexity index is 511. The Labute approximate surface area is 175 Å². The van der Waals surface area contributed by atoms with Crippen molar-refractivity contribution in [3.63, 3.8) is 0 Å². The van der Waals surface area contributed by atoms with Gasteiger partial charge in [-0.3, -0.25) is 0 Å². The normalized spacial score (nSPS) is 28.4. The van der Waals surface area contributed by atoms with Gasteiger partial charge in [0.1, 0.15) is 0 Å². The zero-order valence-corrected chi connectivity index (χ0v) is 18.9. The fourth-order valence-electron chi connectivity index (χ4n) is 5.96. The second-order valence-corrected chi connectivity index (χ2v) is 10.1. The van der Waals surface area contributed by atoms with Crippen molar-refractivity contribution in [3.8, 4) is 0 Å². The quantitative estimate of drug-likeness (QED) is 0.353. The van der Waals surface area contributed by atoms with Gasteiger partial charge >= 0.3 is 0 Å². The van der Waals surface area contributed by atoms with Gasteiger partial charge in [-0.05, 0) is 86.2 Å². The second kappa shape index (κ2) is 12.0. The van der Waals surface area contributed by atoms with E-state index in [1.54, 1.807) is 11.1 Å². The lowest BCUT2D eigenvalue weighted by atomic mass is 9.75. The van der Waals surface area contributed by atoms with Gasteiger partial charge < -0.3 is 0 Å². The SMILES string of the molecule is CCCCCC[C@H]1CC[C@H](c2ccc([C@H]3CC[C@H](CCCC)CC3)cc2)CC1. The highest BCUT2D eigenvalue weighted by atomic mass is 14.3. The number of hydrogen-bond donors (Lipinski definition) is 0. The van der Waals surface area contributed by atoms with E-state index < -0.39 is 0 Å². The fraction of sp³-hybridized carbons (Fsp3) is 0.786. The van der Waals surface area contributed by atoms with Crippen LogP contribution < -0.4 is 0 Å². The van der Waals surface area contributed by atoms with Gasteiger partial charge in [-0.25, -0.2) is 0 Å². The first-order valence-corrected chi connectivity index (χ1v) is 12.9. The summed E-state index contributed by atoms with van der Waals surface area (Å²) < 4.78 is 0. The van der Waals surface area contributed by atoms with E-state index in [1.165, 1.54) is 103 Å². The Hall–Kier alpha value is -0.780. The molecule has 3 rings (SSSR count). The molecule has 0 heterocycles. The number of hydrogen-bond acceptors (Lipinski definition) is 0. The minimum Gasteiger partial charge on any atom is -0.0654 e. The Kier molecular flexibility index (Phi) is 9.42. The lowest BCUT2D eigenvalue weighted by molar-refractivity contribution is 0.301. The van der Waals surface area contributed by atoms with Crippen molar-refractivity contribution in [2.75, 3.05) is 0 Å². The summed E-state index contributed by atoms with van der Waals surface area (Å²) in [6.45, 7) is 4.64. The van der Waals surface area contributed by atoms with Gasteiger partial charge in [0.25, 0.3) is 0 Å². The first kappa shape index (κ1) is 21.9. The third-order valence-corrected chi connectivity index (χ3v) is 8.00. The van der Waals surface area contributed by atoms with E-state index in [9.17, 15) is 0 Å². The standard InChI is InChI=1S/C28H46/c1-3-5-7-8-10-24-13-17-26(18-14-24)28-21-19-27(20-22-28)25-15-11-23(12-16-25)9-6-4-2/h19-26H,3-18H2,1-2H3/t23-,24-,25-,26-. The summed E-state index contributed by atoms with van der Waals surface area (Å²) in [6, 6.07) is 9.96. The van der Waals surface area contributed by atoms with E-state index in [4.69, 9.17) is 0 Å². The van der Waals surface area contributed by atoms with Crippen molar-refractivity contribution in [3.05, 3.63) is 35.4 Å². The monoisotopic (exact) mass is 382 g/mol. The minimum absolute atomic E-state index is 0.839. The van der Waals surface area contributed by atoms with Crippen LogP contribution in [0.2, 0.25) is 0 Å². The molecule has 0 heteroatoms. The summed E-state index contributed by atoms with van der Waals surface area (Å²) in [4.78, 5) is 0. The van der Waals surface area contributed by atoms with Crippen LogP contribution in [0.25, 0.3) is 0 Å². The van der Waals surface area contributed by atoms with Crippen LogP contribution in [0.4, 0.5) is 0 Å². The zero-order valence-electron chi connectivity index (χ0n) is 18.9. The molecule has 0 spiro atoms. The minimum atomic E-state index is 0.839. The van der Waals surface area contributed by atoms with E-state index in [0.29, 0.717) is 0 Å². The van der Waals surface area contributed by atoms with E-state index in [2.05, 4.69) is 38.1 Å². The molecule has 0 aliphatic heterocycles. The summed E-state index contributed by atoms with van der Waals surface area (Å²) in [5, 5.41) is 0. The van der Waals surface area contributed by atoms with Gasteiger partial charge in [0.2, 0.25) is 0 Å². The van der Waals surface area contributed by atoms with E-state index in [1.807, 2.05) is 0 Å². The Morgan fingerprint density at radius 3 is 1.39 bits per heavy atom. The van der Waals surface area contributed by atoms with Crippen molar-refractivity contribution in [2.45, 2.75) is 128 Å². The average molecular weight is 383 g/mol. The van der Waals surface area contributed by atoms with Crippen LogP contribution in [0.15, 0.2) is 24.3 Å². The Balaban J connectivity index is 1.40. The largest absolute Gasteiger partial charge is 0.0654 e. The number of rotatable bonds is 10. The summed E-state index contributed by atoms with van der Waals surface area (Å²) >= 11 is 0. The molecular weight excluding hydrogens is 336 g/mol. The molecule has 1 aromatic carbocycles. The van der Waals surface area contributed by atoms with Gasteiger partial charge in [0.05, 0.1) is 0 Å². The number of benzene rings is 1. The molecule has 0 saturated heterocycles. The van der Waals surface area contributed by atoms with Gasteiger partial charge in [0.15, 0.2) is 0 Å². The fourth-order valence-corrected chi connectivity index (χ4v) is 5.96. The Morgan fingerprint density at radius 1 is 0.536 bits per heavy atom. The van der Waals surface area contributed by atoms with Crippen LogP contribution in [0.5, 0.6) is 0 Å². The molecule has 1 aromatic rings. The summed E-state index contributed by atoms with van der Waals surface area (Å²) in [6.07, 6.45) is 23.1. The molecule has 0 radical (unpaired) electrons. The molecule has 2 aliphatic carbocycles. The van der Waals surface area contributed by atoms with Crippen LogP contribution in [-0.4, -0.2) is 0 Å². The van der Waals surface area contributed by atoms with Crippen LogP contribution in [-0.2, 0) is 0 Å². The predicted octanol–water partition coefficient (Wildman–Crippen LogP) is 9.39. The van der Waals surface area contributed by atoms with Crippen molar-refractivity contribution in [2.24, 2.45) is 11.8 Å². The van der Waals surface area contributed by atoms with Crippen LogP contribution >= 0.6 is 0 Å². The summed E-state index contributed by atoms with van der Waals surface area (Å²) in [5.74, 6) is 3.72. The molecule has 0 bridgehead atoms. The molecule has 2 fully saturated rings. The summed E-state index contributed by atoms with van der Waals surface area (Å²) in [5.41, 5.74) is 3.26. The lowest BCUT2D eigenvalue weighted by Crippen LogP contribution is -2.14. The van der Waals surface area contributed by atoms with E-state index in [0.717, 1.165) is 23.7 Å². The van der Waals surface area contributed by atoms with Crippen molar-refractivity contribution in [1.82, 2.24) is 0 Å². The van der Waals surface area contributed by atoms with Crippen LogP contribution in [0, 0.1) is 11.8 Å². The molecule has 0 amide bonds.